The number of aliphatic hydroxyl groups excluding tert-OH is 1. The van der Waals surface area contributed by atoms with Gasteiger partial charge in [-0.2, -0.15) is 0 Å². The minimum absolute atomic E-state index is 0.135. The first-order valence-corrected chi connectivity index (χ1v) is 6.45. The first-order chi connectivity index (χ1) is 8.54. The van der Waals surface area contributed by atoms with Crippen LogP contribution in [0.25, 0.3) is 11.3 Å². The molecule has 1 N–H and O–H groups in total. The molecule has 0 saturated heterocycles. The van der Waals surface area contributed by atoms with Crippen LogP contribution in [0.2, 0.25) is 20.1 Å². The molecule has 0 aliphatic heterocycles. The molecule has 6 heteroatoms. The zero-order valence-corrected chi connectivity index (χ0v) is 11.9. The number of pyridine rings is 1. The van der Waals surface area contributed by atoms with Crippen LogP contribution in [0.4, 0.5) is 0 Å². The van der Waals surface area contributed by atoms with Gasteiger partial charge >= 0.3 is 0 Å². The summed E-state index contributed by atoms with van der Waals surface area (Å²) in [7, 11) is 0. The SMILES string of the molecule is OCc1cnc(-c2c(Cl)ccc(Cl)c2Cl)c(Cl)c1. The second-order valence-corrected chi connectivity index (χ2v) is 5.15. The second kappa shape index (κ2) is 5.64. The summed E-state index contributed by atoms with van der Waals surface area (Å²) in [6.07, 6.45) is 1.51. The van der Waals surface area contributed by atoms with Crippen LogP contribution in [-0.2, 0) is 6.61 Å². The second-order valence-electron chi connectivity index (χ2n) is 3.55. The maximum atomic E-state index is 9.00. The minimum atomic E-state index is -0.135. The summed E-state index contributed by atoms with van der Waals surface area (Å²) in [5.74, 6) is 0. The molecule has 2 aromatic rings. The van der Waals surface area contributed by atoms with Crippen LogP contribution in [0, 0.1) is 0 Å². The zero-order chi connectivity index (χ0) is 13.3. The average Bonchev–Trinajstić information content (AvgIpc) is 2.36. The molecule has 0 bridgehead atoms. The van der Waals surface area contributed by atoms with E-state index in [1.807, 2.05) is 0 Å². The van der Waals surface area contributed by atoms with Crippen LogP contribution in [0.15, 0.2) is 24.4 Å². The van der Waals surface area contributed by atoms with Gasteiger partial charge in [0.05, 0.1) is 32.4 Å². The van der Waals surface area contributed by atoms with Crippen molar-refractivity contribution in [1.82, 2.24) is 4.98 Å². The van der Waals surface area contributed by atoms with Gasteiger partial charge in [-0.3, -0.25) is 4.98 Å². The molecule has 0 unspecified atom stereocenters. The Kier molecular flexibility index (Phi) is 4.36. The summed E-state index contributed by atoms with van der Waals surface area (Å²) in [5.41, 5.74) is 1.53. The molecule has 0 spiro atoms. The highest BCUT2D eigenvalue weighted by Crippen LogP contribution is 2.40. The molecule has 1 aromatic carbocycles. The predicted molar refractivity (Wildman–Crippen MR) is 75.6 cm³/mol. The van der Waals surface area contributed by atoms with Crippen molar-refractivity contribution in [3.63, 3.8) is 0 Å². The Bertz CT molecular complexity index is 601. The van der Waals surface area contributed by atoms with Crippen LogP contribution in [0.3, 0.4) is 0 Å². The molecule has 0 aliphatic carbocycles. The van der Waals surface area contributed by atoms with E-state index in [1.165, 1.54) is 6.20 Å². The maximum Gasteiger partial charge on any atom is 0.0918 e. The van der Waals surface area contributed by atoms with Gasteiger partial charge in [0.1, 0.15) is 0 Å². The smallest absolute Gasteiger partial charge is 0.0918 e. The first kappa shape index (κ1) is 13.9. The van der Waals surface area contributed by atoms with Crippen molar-refractivity contribution in [3.8, 4) is 11.3 Å². The lowest BCUT2D eigenvalue weighted by Gasteiger charge is -2.10. The van der Waals surface area contributed by atoms with E-state index in [9.17, 15) is 0 Å². The van der Waals surface area contributed by atoms with E-state index in [4.69, 9.17) is 51.5 Å². The molecule has 0 atom stereocenters. The van der Waals surface area contributed by atoms with Crippen molar-refractivity contribution in [2.24, 2.45) is 0 Å². The van der Waals surface area contributed by atoms with E-state index in [2.05, 4.69) is 4.98 Å². The van der Waals surface area contributed by atoms with Gasteiger partial charge in [0.25, 0.3) is 0 Å². The van der Waals surface area contributed by atoms with E-state index in [-0.39, 0.29) is 6.61 Å². The monoisotopic (exact) mass is 321 g/mol. The van der Waals surface area contributed by atoms with Crippen LogP contribution < -0.4 is 0 Å². The number of halogens is 4. The summed E-state index contributed by atoms with van der Waals surface area (Å²) in [4.78, 5) is 4.16. The Balaban J connectivity index is 2.66. The van der Waals surface area contributed by atoms with Gasteiger partial charge in [0.15, 0.2) is 0 Å². The largest absolute Gasteiger partial charge is 0.392 e. The molecule has 1 aromatic heterocycles. The number of aliphatic hydroxyl groups is 1. The van der Waals surface area contributed by atoms with Crippen LogP contribution >= 0.6 is 46.4 Å². The summed E-state index contributed by atoms with van der Waals surface area (Å²) in [6.45, 7) is -0.135. The molecule has 2 rings (SSSR count). The highest BCUT2D eigenvalue weighted by Gasteiger charge is 2.16. The van der Waals surface area contributed by atoms with E-state index in [0.29, 0.717) is 36.9 Å². The Labute approximate surface area is 124 Å². The molecule has 0 aliphatic rings. The lowest BCUT2D eigenvalue weighted by molar-refractivity contribution is 0.281. The number of hydrogen-bond donors (Lipinski definition) is 1. The molecule has 0 radical (unpaired) electrons. The quantitative estimate of drug-likeness (QED) is 0.801. The Morgan fingerprint density at radius 2 is 1.67 bits per heavy atom. The van der Waals surface area contributed by atoms with Gasteiger partial charge in [0.2, 0.25) is 0 Å². The minimum Gasteiger partial charge on any atom is -0.392 e. The molecule has 0 saturated carbocycles. The number of nitrogens with zero attached hydrogens (tertiary/aromatic N) is 1. The van der Waals surface area contributed by atoms with Gasteiger partial charge in [-0.1, -0.05) is 46.4 Å². The van der Waals surface area contributed by atoms with E-state index in [1.54, 1.807) is 18.2 Å². The van der Waals surface area contributed by atoms with Crippen molar-refractivity contribution in [2.75, 3.05) is 0 Å². The van der Waals surface area contributed by atoms with Crippen molar-refractivity contribution in [1.29, 1.82) is 0 Å². The normalized spacial score (nSPS) is 10.7. The standard InChI is InChI=1S/C12H7Cl4NO/c13-7-1-2-8(14)11(16)10(7)12-9(15)3-6(5-18)4-17-12/h1-4,18H,5H2. The third-order valence-electron chi connectivity index (χ3n) is 2.36. The number of aromatic nitrogens is 1. The maximum absolute atomic E-state index is 9.00. The van der Waals surface area contributed by atoms with E-state index >= 15 is 0 Å². The molecule has 0 amide bonds. The molecule has 2 nitrogen and oxygen atoms in total. The van der Waals surface area contributed by atoms with Crippen LogP contribution in [0.1, 0.15) is 5.56 Å². The topological polar surface area (TPSA) is 33.1 Å². The van der Waals surface area contributed by atoms with Crippen LogP contribution in [-0.4, -0.2) is 10.1 Å². The predicted octanol–water partition coefficient (Wildman–Crippen LogP) is 4.85. The summed E-state index contributed by atoms with van der Waals surface area (Å²) in [5, 5.41) is 10.4. The third kappa shape index (κ3) is 2.58. The van der Waals surface area contributed by atoms with Crippen LogP contribution in [0.5, 0.6) is 0 Å². The summed E-state index contributed by atoms with van der Waals surface area (Å²) < 4.78 is 0. The molecular formula is C12H7Cl4NO. The molecular weight excluding hydrogens is 316 g/mol. The lowest BCUT2D eigenvalue weighted by atomic mass is 10.1. The highest BCUT2D eigenvalue weighted by molar-refractivity contribution is 6.46. The van der Waals surface area contributed by atoms with Crippen molar-refractivity contribution in [2.45, 2.75) is 6.61 Å². The number of benzene rings is 1. The summed E-state index contributed by atoms with van der Waals surface area (Å²) in [6, 6.07) is 4.84. The zero-order valence-electron chi connectivity index (χ0n) is 8.92. The fourth-order valence-corrected chi connectivity index (χ4v) is 2.48. The lowest BCUT2D eigenvalue weighted by Crippen LogP contribution is -1.92. The fraction of sp³-hybridized carbons (Fsp3) is 0.0833. The van der Waals surface area contributed by atoms with Crippen molar-refractivity contribution < 1.29 is 5.11 Å². The Morgan fingerprint density at radius 1 is 1.00 bits per heavy atom. The molecule has 94 valence electrons. The van der Waals surface area contributed by atoms with E-state index in [0.717, 1.165) is 0 Å². The van der Waals surface area contributed by atoms with Crippen molar-refractivity contribution in [3.05, 3.63) is 50.0 Å². The molecule has 0 fully saturated rings. The van der Waals surface area contributed by atoms with Gasteiger partial charge in [-0.15, -0.1) is 0 Å². The average molecular weight is 323 g/mol. The highest BCUT2D eigenvalue weighted by atomic mass is 35.5. The van der Waals surface area contributed by atoms with Gasteiger partial charge in [-0.25, -0.2) is 0 Å². The van der Waals surface area contributed by atoms with E-state index < -0.39 is 0 Å². The third-order valence-corrected chi connectivity index (χ3v) is 3.77. The first-order valence-electron chi connectivity index (χ1n) is 4.93. The summed E-state index contributed by atoms with van der Waals surface area (Å²) >= 11 is 24.3. The van der Waals surface area contributed by atoms with Gasteiger partial charge < -0.3 is 5.11 Å². The molecule has 1 heterocycles. The van der Waals surface area contributed by atoms with Gasteiger partial charge in [-0.05, 0) is 23.8 Å². The Morgan fingerprint density at radius 3 is 2.28 bits per heavy atom. The van der Waals surface area contributed by atoms with Gasteiger partial charge in [0, 0.05) is 11.8 Å². The van der Waals surface area contributed by atoms with Crippen molar-refractivity contribution >= 4 is 46.4 Å². The number of hydrogen-bond acceptors (Lipinski definition) is 2. The number of rotatable bonds is 2. The Hall–Kier alpha value is -0.510. The fourth-order valence-electron chi connectivity index (χ4n) is 1.49. The molecule has 18 heavy (non-hydrogen) atoms.